The maximum atomic E-state index is 2.50. The fraction of sp³-hybridized carbons (Fsp3) is 0.226. The van der Waals surface area contributed by atoms with Gasteiger partial charge in [0.2, 0.25) is 0 Å². The first-order valence-corrected chi connectivity index (χ1v) is 22.8. The van der Waals surface area contributed by atoms with Crippen LogP contribution in [0.5, 0.6) is 0 Å². The number of rotatable bonds is 6. The average molecular weight is 818 g/mol. The molecule has 1 nitrogen and oxygen atoms in total. The van der Waals surface area contributed by atoms with Crippen molar-refractivity contribution >= 4 is 17.1 Å². The molecule has 2 aliphatic carbocycles. The second-order valence-corrected chi connectivity index (χ2v) is 21.1. The quantitative estimate of drug-likeness (QED) is 0.162. The number of hydrogen-bond acceptors (Lipinski definition) is 1. The van der Waals surface area contributed by atoms with E-state index in [1.54, 1.807) is 0 Å². The van der Waals surface area contributed by atoms with Crippen molar-refractivity contribution in [3.8, 4) is 55.6 Å². The Labute approximate surface area is 376 Å². The normalized spacial score (nSPS) is 14.4. The predicted molar refractivity (Wildman–Crippen MR) is 270 cm³/mol. The Morgan fingerprint density at radius 3 is 1.59 bits per heavy atom. The molecule has 0 saturated heterocycles. The van der Waals surface area contributed by atoms with Crippen LogP contribution in [0.2, 0.25) is 0 Å². The third-order valence-corrected chi connectivity index (χ3v) is 14.1. The minimum Gasteiger partial charge on any atom is -0.310 e. The van der Waals surface area contributed by atoms with Gasteiger partial charge in [-0.25, -0.2) is 0 Å². The van der Waals surface area contributed by atoms with Gasteiger partial charge >= 0.3 is 0 Å². The van der Waals surface area contributed by atoms with E-state index in [1.165, 1.54) is 89.0 Å². The summed E-state index contributed by atoms with van der Waals surface area (Å²) in [5.41, 5.74) is 24.6. The molecule has 0 saturated carbocycles. The Balaban J connectivity index is 1.04. The Kier molecular flexibility index (Phi) is 9.39. The number of fused-ring (bicyclic) bond motifs is 6. The minimum atomic E-state index is -0.147. The van der Waals surface area contributed by atoms with Gasteiger partial charge in [0.05, 0.1) is 0 Å². The molecule has 0 radical (unpaired) electrons. The predicted octanol–water partition coefficient (Wildman–Crippen LogP) is 17.4. The fourth-order valence-corrected chi connectivity index (χ4v) is 10.7. The number of hydrogen-bond donors (Lipinski definition) is 0. The Bertz CT molecular complexity index is 3040. The third-order valence-electron chi connectivity index (χ3n) is 14.1. The van der Waals surface area contributed by atoms with Crippen LogP contribution in [0.25, 0.3) is 55.6 Å². The summed E-state index contributed by atoms with van der Waals surface area (Å²) >= 11 is 0. The zero-order valence-corrected chi connectivity index (χ0v) is 38.7. The SMILES string of the molecule is CC(C)(C)c1cc2c(c(C(C)(C)C)c1)C(C)(C)c1c(-c3ccc(-c4cccc(N(c5ccc(-c6ccccc6)cc5)c5ccc6c(c5)C(C)(C)c5ccccc5-6)c4)cc3)cccc1-2. The van der Waals surface area contributed by atoms with Crippen LogP contribution in [0.3, 0.4) is 0 Å². The van der Waals surface area contributed by atoms with E-state index in [-0.39, 0.29) is 21.7 Å². The molecule has 0 aromatic heterocycles. The first-order chi connectivity index (χ1) is 30.0. The van der Waals surface area contributed by atoms with Gasteiger partial charge in [0, 0.05) is 27.9 Å². The van der Waals surface area contributed by atoms with Crippen molar-refractivity contribution in [2.24, 2.45) is 0 Å². The van der Waals surface area contributed by atoms with Crippen molar-refractivity contribution in [3.05, 3.63) is 209 Å². The van der Waals surface area contributed by atoms with Gasteiger partial charge in [0.1, 0.15) is 0 Å². The molecule has 2 aliphatic rings. The molecule has 0 amide bonds. The van der Waals surface area contributed by atoms with E-state index in [0.29, 0.717) is 0 Å². The largest absolute Gasteiger partial charge is 0.310 e. The summed E-state index contributed by atoms with van der Waals surface area (Å²) in [6.45, 7) is 23.7. The lowest BCUT2D eigenvalue weighted by molar-refractivity contribution is 0.546. The van der Waals surface area contributed by atoms with Crippen molar-refractivity contribution < 1.29 is 0 Å². The van der Waals surface area contributed by atoms with Crippen LogP contribution >= 0.6 is 0 Å². The van der Waals surface area contributed by atoms with Gasteiger partial charge in [-0.15, -0.1) is 0 Å². The van der Waals surface area contributed by atoms with Gasteiger partial charge in [-0.1, -0.05) is 209 Å². The lowest BCUT2D eigenvalue weighted by Crippen LogP contribution is -2.25. The first-order valence-electron chi connectivity index (χ1n) is 22.8. The molecule has 312 valence electrons. The van der Waals surface area contributed by atoms with Crippen LogP contribution in [0.4, 0.5) is 17.1 Å². The van der Waals surface area contributed by atoms with Gasteiger partial charge in [0.25, 0.3) is 0 Å². The highest BCUT2D eigenvalue weighted by Gasteiger charge is 2.42. The van der Waals surface area contributed by atoms with Gasteiger partial charge in [-0.05, 0) is 136 Å². The average Bonchev–Trinajstić information content (AvgIpc) is 3.65. The Morgan fingerprint density at radius 2 is 0.873 bits per heavy atom. The van der Waals surface area contributed by atoms with Gasteiger partial charge in [-0.3, -0.25) is 0 Å². The molecule has 0 N–H and O–H groups in total. The van der Waals surface area contributed by atoms with Gasteiger partial charge < -0.3 is 4.90 Å². The first kappa shape index (κ1) is 40.6. The van der Waals surface area contributed by atoms with Crippen molar-refractivity contribution in [1.82, 2.24) is 0 Å². The highest BCUT2D eigenvalue weighted by atomic mass is 15.1. The number of nitrogens with zero attached hydrogens (tertiary/aromatic N) is 1. The molecule has 8 aromatic carbocycles. The molecule has 0 unspecified atom stereocenters. The molecule has 1 heteroatoms. The lowest BCUT2D eigenvalue weighted by atomic mass is 9.71. The third kappa shape index (κ3) is 6.76. The van der Waals surface area contributed by atoms with Crippen molar-refractivity contribution in [2.45, 2.75) is 90.9 Å². The topological polar surface area (TPSA) is 3.24 Å². The van der Waals surface area contributed by atoms with Crippen molar-refractivity contribution in [1.29, 1.82) is 0 Å². The molecule has 0 aliphatic heterocycles. The molecular formula is C62H59N. The minimum absolute atomic E-state index is 0.0190. The lowest BCUT2D eigenvalue weighted by Gasteiger charge is -2.33. The van der Waals surface area contributed by atoms with E-state index in [0.717, 1.165) is 17.1 Å². The molecule has 8 aromatic rings. The highest BCUT2D eigenvalue weighted by molar-refractivity contribution is 5.91. The summed E-state index contributed by atoms with van der Waals surface area (Å²) in [6, 6.07) is 65.9. The summed E-state index contributed by atoms with van der Waals surface area (Å²) in [4.78, 5) is 2.43. The second kappa shape index (κ2) is 14.6. The molecule has 0 atom stereocenters. The Morgan fingerprint density at radius 1 is 0.333 bits per heavy atom. The molecule has 0 bridgehead atoms. The summed E-state index contributed by atoms with van der Waals surface area (Å²) in [6.07, 6.45) is 0. The van der Waals surface area contributed by atoms with E-state index in [2.05, 4.69) is 250 Å². The van der Waals surface area contributed by atoms with Crippen LogP contribution in [0.1, 0.15) is 103 Å². The second-order valence-electron chi connectivity index (χ2n) is 21.1. The zero-order chi connectivity index (χ0) is 44.1. The number of benzene rings is 8. The van der Waals surface area contributed by atoms with Crippen LogP contribution in [-0.2, 0) is 21.7 Å². The molecule has 63 heavy (non-hydrogen) atoms. The molecule has 10 rings (SSSR count). The smallest absolute Gasteiger partial charge is 0.0467 e. The molecular weight excluding hydrogens is 759 g/mol. The van der Waals surface area contributed by atoms with Crippen molar-refractivity contribution in [2.75, 3.05) is 4.90 Å². The van der Waals surface area contributed by atoms with Crippen molar-refractivity contribution in [3.63, 3.8) is 0 Å². The van der Waals surface area contributed by atoms with Crippen LogP contribution < -0.4 is 4.90 Å². The van der Waals surface area contributed by atoms with E-state index >= 15 is 0 Å². The summed E-state index contributed by atoms with van der Waals surface area (Å²) in [7, 11) is 0. The van der Waals surface area contributed by atoms with Crippen LogP contribution in [0.15, 0.2) is 176 Å². The summed E-state index contributed by atoms with van der Waals surface area (Å²) < 4.78 is 0. The highest BCUT2D eigenvalue weighted by Crippen LogP contribution is 2.56. The number of anilines is 3. The zero-order valence-electron chi connectivity index (χ0n) is 38.7. The standard InChI is InChI=1S/C62H59N/c1-59(2,3)45-37-53-52-24-17-23-49(57(52)62(9,10)58(53)56(38-45)60(4,5)6)43-28-26-42(27-29-43)44-20-16-21-47(36-44)63(46-32-30-41(31-33-46)40-18-12-11-13-19-40)48-34-35-51-50-22-14-15-25-54(50)61(7,8)55(51)39-48/h11-39H,1-10H3. The van der Waals surface area contributed by atoms with Crippen LogP contribution in [0, 0.1) is 0 Å². The summed E-state index contributed by atoms with van der Waals surface area (Å²) in [5, 5.41) is 0. The van der Waals surface area contributed by atoms with Gasteiger partial charge in [0.15, 0.2) is 0 Å². The maximum Gasteiger partial charge on any atom is 0.0467 e. The Hall–Kier alpha value is -6.44. The molecule has 0 fully saturated rings. The summed E-state index contributed by atoms with van der Waals surface area (Å²) in [5.74, 6) is 0. The van der Waals surface area contributed by atoms with Crippen LogP contribution in [-0.4, -0.2) is 0 Å². The monoisotopic (exact) mass is 817 g/mol. The van der Waals surface area contributed by atoms with E-state index < -0.39 is 0 Å². The van der Waals surface area contributed by atoms with E-state index in [1.807, 2.05) is 0 Å². The molecule has 0 spiro atoms. The van der Waals surface area contributed by atoms with Gasteiger partial charge in [-0.2, -0.15) is 0 Å². The maximum absolute atomic E-state index is 2.50. The molecule has 0 heterocycles. The fourth-order valence-electron chi connectivity index (χ4n) is 10.7. The van der Waals surface area contributed by atoms with E-state index in [9.17, 15) is 0 Å². The van der Waals surface area contributed by atoms with E-state index in [4.69, 9.17) is 0 Å².